The average Bonchev–Trinajstić information content (AvgIpc) is 2.82. The SMILES string of the molecule is O=C(Nc1ccccc1F)C1CCN(S(=O)(=O)c2ccc(Oc3ccccc3)cc2)CC1. The Morgan fingerprint density at radius 2 is 1.47 bits per heavy atom. The summed E-state index contributed by atoms with van der Waals surface area (Å²) in [5.41, 5.74) is 0.130. The Kier molecular flexibility index (Phi) is 6.53. The van der Waals surface area contributed by atoms with Crippen molar-refractivity contribution in [2.24, 2.45) is 5.92 Å². The second-order valence-corrected chi connectivity index (χ2v) is 9.47. The van der Waals surface area contributed by atoms with E-state index in [1.807, 2.05) is 30.3 Å². The molecule has 4 rings (SSSR count). The zero-order chi connectivity index (χ0) is 22.6. The lowest BCUT2D eigenvalue weighted by molar-refractivity contribution is -0.120. The van der Waals surface area contributed by atoms with Gasteiger partial charge in [0.25, 0.3) is 0 Å². The van der Waals surface area contributed by atoms with Crippen LogP contribution in [-0.2, 0) is 14.8 Å². The normalized spacial score (nSPS) is 15.3. The van der Waals surface area contributed by atoms with Crippen LogP contribution in [0.25, 0.3) is 0 Å². The number of amides is 1. The lowest BCUT2D eigenvalue weighted by atomic mass is 9.97. The quantitative estimate of drug-likeness (QED) is 0.588. The third kappa shape index (κ3) is 4.98. The number of carbonyl (C=O) groups is 1. The van der Waals surface area contributed by atoms with E-state index in [0.717, 1.165) is 0 Å². The third-order valence-corrected chi connectivity index (χ3v) is 7.31. The highest BCUT2D eigenvalue weighted by Gasteiger charge is 2.32. The number of anilines is 1. The lowest BCUT2D eigenvalue weighted by Gasteiger charge is -2.30. The molecule has 8 heteroatoms. The first kappa shape index (κ1) is 22.0. The van der Waals surface area contributed by atoms with Crippen LogP contribution in [0.5, 0.6) is 11.5 Å². The summed E-state index contributed by atoms with van der Waals surface area (Å²) in [6, 6.07) is 21.5. The maximum atomic E-state index is 13.8. The molecule has 1 fully saturated rings. The average molecular weight is 455 g/mol. The van der Waals surface area contributed by atoms with Crippen molar-refractivity contribution in [3.8, 4) is 11.5 Å². The molecule has 166 valence electrons. The van der Waals surface area contributed by atoms with Crippen LogP contribution in [0.2, 0.25) is 0 Å². The number of halogens is 1. The molecule has 3 aromatic rings. The van der Waals surface area contributed by atoms with Crippen molar-refractivity contribution in [1.82, 2.24) is 4.31 Å². The van der Waals surface area contributed by atoms with Crippen LogP contribution in [0.3, 0.4) is 0 Å². The molecule has 1 aliphatic heterocycles. The zero-order valence-corrected chi connectivity index (χ0v) is 18.1. The number of benzene rings is 3. The van der Waals surface area contributed by atoms with Crippen molar-refractivity contribution < 1.29 is 22.3 Å². The number of hydrogen-bond donors (Lipinski definition) is 1. The van der Waals surface area contributed by atoms with Crippen LogP contribution in [0, 0.1) is 11.7 Å². The van der Waals surface area contributed by atoms with Gasteiger partial charge in [0.05, 0.1) is 10.6 Å². The predicted octanol–water partition coefficient (Wildman–Crippen LogP) is 4.66. The van der Waals surface area contributed by atoms with Crippen LogP contribution < -0.4 is 10.1 Å². The minimum absolute atomic E-state index is 0.130. The summed E-state index contributed by atoms with van der Waals surface area (Å²) in [4.78, 5) is 12.6. The molecular weight excluding hydrogens is 431 g/mol. The standard InChI is InChI=1S/C24H23FN2O4S/c25-22-8-4-5-9-23(22)26-24(28)18-14-16-27(17-15-18)32(29,30)21-12-10-20(11-13-21)31-19-6-2-1-3-7-19/h1-13,18H,14-17H2,(H,26,28). The minimum Gasteiger partial charge on any atom is -0.457 e. The monoisotopic (exact) mass is 454 g/mol. The van der Waals surface area contributed by atoms with Gasteiger partial charge in [0.2, 0.25) is 15.9 Å². The molecule has 1 N–H and O–H groups in total. The zero-order valence-electron chi connectivity index (χ0n) is 17.3. The van der Waals surface area contributed by atoms with Crippen molar-refractivity contribution in [1.29, 1.82) is 0 Å². The Balaban J connectivity index is 1.36. The van der Waals surface area contributed by atoms with Gasteiger partial charge < -0.3 is 10.1 Å². The van der Waals surface area contributed by atoms with E-state index in [4.69, 9.17) is 4.74 Å². The van der Waals surface area contributed by atoms with Gasteiger partial charge in [-0.2, -0.15) is 4.31 Å². The van der Waals surface area contributed by atoms with Gasteiger partial charge in [-0.15, -0.1) is 0 Å². The fourth-order valence-electron chi connectivity index (χ4n) is 3.61. The van der Waals surface area contributed by atoms with Crippen LogP contribution in [-0.4, -0.2) is 31.7 Å². The van der Waals surface area contributed by atoms with E-state index >= 15 is 0 Å². The van der Waals surface area contributed by atoms with Crippen molar-refractivity contribution >= 4 is 21.6 Å². The molecule has 0 radical (unpaired) electrons. The van der Waals surface area contributed by atoms with Gasteiger partial charge in [-0.3, -0.25) is 4.79 Å². The number of nitrogens with one attached hydrogen (secondary N) is 1. The van der Waals surface area contributed by atoms with Gasteiger partial charge >= 0.3 is 0 Å². The number of rotatable bonds is 6. The van der Waals surface area contributed by atoms with Gasteiger partial charge in [0.1, 0.15) is 17.3 Å². The highest BCUT2D eigenvalue weighted by atomic mass is 32.2. The smallest absolute Gasteiger partial charge is 0.243 e. The Morgan fingerprint density at radius 1 is 0.875 bits per heavy atom. The first-order valence-electron chi connectivity index (χ1n) is 10.3. The van der Waals surface area contributed by atoms with Crippen molar-refractivity contribution in [3.63, 3.8) is 0 Å². The first-order chi connectivity index (χ1) is 15.4. The van der Waals surface area contributed by atoms with Crippen LogP contribution in [0.1, 0.15) is 12.8 Å². The van der Waals surface area contributed by atoms with Crippen molar-refractivity contribution in [2.75, 3.05) is 18.4 Å². The van der Waals surface area contributed by atoms with Gasteiger partial charge in [-0.1, -0.05) is 30.3 Å². The van der Waals surface area contributed by atoms with E-state index in [1.165, 1.54) is 28.6 Å². The Hall–Kier alpha value is -3.23. The molecule has 0 bridgehead atoms. The Bertz CT molecular complexity index is 1180. The summed E-state index contributed by atoms with van der Waals surface area (Å²) in [6.07, 6.45) is 0.740. The second-order valence-electron chi connectivity index (χ2n) is 7.53. The number of para-hydroxylation sites is 2. The summed E-state index contributed by atoms with van der Waals surface area (Å²) >= 11 is 0. The Labute approximate surface area is 186 Å². The highest BCUT2D eigenvalue weighted by molar-refractivity contribution is 7.89. The molecular formula is C24H23FN2O4S. The molecule has 0 aliphatic carbocycles. The molecule has 0 spiro atoms. The molecule has 6 nitrogen and oxygen atoms in total. The molecule has 0 saturated carbocycles. The molecule has 1 saturated heterocycles. The number of piperidine rings is 1. The molecule has 1 aliphatic rings. The fraction of sp³-hybridized carbons (Fsp3) is 0.208. The molecule has 32 heavy (non-hydrogen) atoms. The van der Waals surface area contributed by atoms with E-state index in [0.29, 0.717) is 24.3 Å². The summed E-state index contributed by atoms with van der Waals surface area (Å²) in [5, 5.41) is 2.60. The minimum atomic E-state index is -3.68. The van der Waals surface area contributed by atoms with E-state index < -0.39 is 15.8 Å². The maximum Gasteiger partial charge on any atom is 0.243 e. The largest absolute Gasteiger partial charge is 0.457 e. The summed E-state index contributed by atoms with van der Waals surface area (Å²) < 4.78 is 46.9. The van der Waals surface area contributed by atoms with E-state index in [2.05, 4.69) is 5.32 Å². The molecule has 1 heterocycles. The molecule has 3 aromatic carbocycles. The van der Waals surface area contributed by atoms with Gasteiger partial charge in [-0.25, -0.2) is 12.8 Å². The van der Waals surface area contributed by atoms with Crippen LogP contribution in [0.4, 0.5) is 10.1 Å². The summed E-state index contributed by atoms with van der Waals surface area (Å²) in [7, 11) is -3.68. The van der Waals surface area contributed by atoms with Gasteiger partial charge in [-0.05, 0) is 61.4 Å². The molecule has 0 atom stereocenters. The van der Waals surface area contributed by atoms with Crippen molar-refractivity contribution in [2.45, 2.75) is 17.7 Å². The van der Waals surface area contributed by atoms with Crippen LogP contribution in [0.15, 0.2) is 83.8 Å². The van der Waals surface area contributed by atoms with Gasteiger partial charge in [0.15, 0.2) is 0 Å². The third-order valence-electron chi connectivity index (χ3n) is 5.40. The topological polar surface area (TPSA) is 75.7 Å². The number of hydrogen-bond acceptors (Lipinski definition) is 4. The number of sulfonamides is 1. The highest BCUT2D eigenvalue weighted by Crippen LogP contribution is 2.27. The van der Waals surface area contributed by atoms with Gasteiger partial charge in [0, 0.05) is 19.0 Å². The molecule has 1 amide bonds. The Morgan fingerprint density at radius 3 is 2.12 bits per heavy atom. The maximum absolute atomic E-state index is 13.8. The summed E-state index contributed by atoms with van der Waals surface area (Å²) in [6.45, 7) is 0.444. The first-order valence-corrected chi connectivity index (χ1v) is 11.8. The molecule has 0 aromatic heterocycles. The van der Waals surface area contributed by atoms with Crippen LogP contribution >= 0.6 is 0 Å². The number of carbonyl (C=O) groups excluding carboxylic acids is 1. The van der Waals surface area contributed by atoms with Crippen molar-refractivity contribution in [3.05, 3.63) is 84.7 Å². The number of ether oxygens (including phenoxy) is 1. The predicted molar refractivity (Wildman–Crippen MR) is 119 cm³/mol. The van der Waals surface area contributed by atoms with E-state index in [1.54, 1.807) is 24.3 Å². The second kappa shape index (κ2) is 9.50. The molecule has 0 unspecified atom stereocenters. The van der Waals surface area contributed by atoms with E-state index in [-0.39, 0.29) is 35.5 Å². The lowest BCUT2D eigenvalue weighted by Crippen LogP contribution is -2.41. The number of nitrogens with zero attached hydrogens (tertiary/aromatic N) is 1. The fourth-order valence-corrected chi connectivity index (χ4v) is 5.08. The summed E-state index contributed by atoms with van der Waals surface area (Å²) in [5.74, 6) is 0.0373. The van der Waals surface area contributed by atoms with E-state index in [9.17, 15) is 17.6 Å².